The molecule has 2 unspecified atom stereocenters. The number of amides is 1. The average Bonchev–Trinajstić information content (AvgIpc) is 2.93. The average molecular weight is 290 g/mol. The van der Waals surface area contributed by atoms with Gasteiger partial charge in [0.1, 0.15) is 0 Å². The molecule has 0 aliphatic carbocycles. The highest BCUT2D eigenvalue weighted by Gasteiger charge is 2.28. The normalized spacial score (nSPS) is 22.0. The van der Waals surface area contributed by atoms with Crippen molar-refractivity contribution in [3.63, 3.8) is 0 Å². The summed E-state index contributed by atoms with van der Waals surface area (Å²) in [6, 6.07) is 9.80. The van der Waals surface area contributed by atoms with Crippen LogP contribution in [-0.4, -0.2) is 41.6 Å². The largest absolute Gasteiger partial charge is 0.385 e. The quantitative estimate of drug-likeness (QED) is 0.841. The third-order valence-electron chi connectivity index (χ3n) is 4.34. The lowest BCUT2D eigenvalue weighted by Gasteiger charge is -2.25. The first-order valence-corrected chi connectivity index (χ1v) is 7.81. The van der Waals surface area contributed by atoms with Crippen LogP contribution in [0, 0.1) is 0 Å². The number of likely N-dealkylation sites (N-methyl/N-ethyl adjacent to an activating group) is 1. The summed E-state index contributed by atoms with van der Waals surface area (Å²) in [5, 5.41) is 13.4. The molecule has 4 heteroatoms. The standard InChI is InChI=1S/C17H26N2O2/c1-3-19-11-7-10-15(19)13-18-16(20)12-17(2,21)14-8-5-4-6-9-14/h4-6,8-9,15,21H,3,7,10-13H2,1-2H3,(H,18,20). The van der Waals surface area contributed by atoms with Crippen LogP contribution in [0.3, 0.4) is 0 Å². The maximum absolute atomic E-state index is 12.1. The van der Waals surface area contributed by atoms with Crippen molar-refractivity contribution in [2.24, 2.45) is 0 Å². The fourth-order valence-electron chi connectivity index (χ4n) is 3.05. The molecule has 0 radical (unpaired) electrons. The van der Waals surface area contributed by atoms with E-state index in [1.54, 1.807) is 6.92 Å². The number of aliphatic hydroxyl groups is 1. The lowest BCUT2D eigenvalue weighted by atomic mass is 9.92. The molecule has 2 atom stereocenters. The maximum atomic E-state index is 12.1. The lowest BCUT2D eigenvalue weighted by Crippen LogP contribution is -2.41. The first kappa shape index (κ1) is 16.0. The van der Waals surface area contributed by atoms with E-state index in [1.165, 1.54) is 6.42 Å². The molecule has 1 aliphatic rings. The van der Waals surface area contributed by atoms with Crippen molar-refractivity contribution < 1.29 is 9.90 Å². The number of benzene rings is 1. The number of hydrogen-bond donors (Lipinski definition) is 2. The molecule has 21 heavy (non-hydrogen) atoms. The second kappa shape index (κ2) is 7.05. The van der Waals surface area contributed by atoms with Gasteiger partial charge in [0.25, 0.3) is 0 Å². The van der Waals surface area contributed by atoms with Crippen molar-refractivity contribution in [2.45, 2.75) is 44.8 Å². The molecule has 1 aliphatic heterocycles. The highest BCUT2D eigenvalue weighted by atomic mass is 16.3. The van der Waals surface area contributed by atoms with Crippen LogP contribution in [0.2, 0.25) is 0 Å². The van der Waals surface area contributed by atoms with Crippen molar-refractivity contribution in [3.05, 3.63) is 35.9 Å². The molecule has 2 rings (SSSR count). The Kier molecular flexibility index (Phi) is 5.37. The van der Waals surface area contributed by atoms with Gasteiger partial charge in [-0.3, -0.25) is 9.69 Å². The van der Waals surface area contributed by atoms with E-state index in [1.807, 2.05) is 30.3 Å². The van der Waals surface area contributed by atoms with Gasteiger partial charge in [0.15, 0.2) is 0 Å². The molecule has 0 bridgehead atoms. The third-order valence-corrected chi connectivity index (χ3v) is 4.34. The zero-order valence-corrected chi connectivity index (χ0v) is 13.0. The summed E-state index contributed by atoms with van der Waals surface area (Å²) < 4.78 is 0. The van der Waals surface area contributed by atoms with E-state index in [4.69, 9.17) is 0 Å². The number of hydrogen-bond acceptors (Lipinski definition) is 3. The number of rotatable bonds is 6. The van der Waals surface area contributed by atoms with Crippen molar-refractivity contribution in [2.75, 3.05) is 19.6 Å². The van der Waals surface area contributed by atoms with Gasteiger partial charge in [-0.05, 0) is 38.4 Å². The molecule has 1 aromatic carbocycles. The zero-order valence-electron chi connectivity index (χ0n) is 13.0. The lowest BCUT2D eigenvalue weighted by molar-refractivity contribution is -0.126. The molecule has 1 saturated heterocycles. The third kappa shape index (κ3) is 4.29. The zero-order chi connectivity index (χ0) is 15.3. The van der Waals surface area contributed by atoms with Crippen molar-refractivity contribution >= 4 is 5.91 Å². The van der Waals surface area contributed by atoms with E-state index in [0.717, 1.165) is 25.1 Å². The van der Waals surface area contributed by atoms with Crippen LogP contribution < -0.4 is 5.32 Å². The minimum absolute atomic E-state index is 0.0909. The molecule has 0 aromatic heterocycles. The van der Waals surface area contributed by atoms with Crippen LogP contribution in [0.4, 0.5) is 0 Å². The highest BCUT2D eigenvalue weighted by molar-refractivity contribution is 5.77. The van der Waals surface area contributed by atoms with Gasteiger partial charge in [-0.25, -0.2) is 0 Å². The SMILES string of the molecule is CCN1CCCC1CNC(=O)CC(C)(O)c1ccccc1. The predicted octanol–water partition coefficient (Wildman–Crippen LogP) is 1.88. The van der Waals surface area contributed by atoms with Gasteiger partial charge in [-0.15, -0.1) is 0 Å². The first-order valence-electron chi connectivity index (χ1n) is 7.81. The molecule has 1 amide bonds. The summed E-state index contributed by atoms with van der Waals surface area (Å²) in [5.41, 5.74) is -0.345. The monoisotopic (exact) mass is 290 g/mol. The Hall–Kier alpha value is -1.39. The van der Waals surface area contributed by atoms with Crippen LogP contribution in [0.25, 0.3) is 0 Å². The van der Waals surface area contributed by atoms with Crippen LogP contribution in [-0.2, 0) is 10.4 Å². The van der Waals surface area contributed by atoms with Gasteiger partial charge in [-0.1, -0.05) is 37.3 Å². The number of nitrogens with one attached hydrogen (secondary N) is 1. The number of likely N-dealkylation sites (tertiary alicyclic amines) is 1. The van der Waals surface area contributed by atoms with E-state index >= 15 is 0 Å². The van der Waals surface area contributed by atoms with Gasteiger partial charge in [0.2, 0.25) is 5.91 Å². The van der Waals surface area contributed by atoms with Crippen molar-refractivity contribution in [3.8, 4) is 0 Å². The molecule has 1 fully saturated rings. The number of nitrogens with zero attached hydrogens (tertiary/aromatic N) is 1. The van der Waals surface area contributed by atoms with Crippen LogP contribution in [0.15, 0.2) is 30.3 Å². The van der Waals surface area contributed by atoms with Crippen molar-refractivity contribution in [1.29, 1.82) is 0 Å². The summed E-state index contributed by atoms with van der Waals surface area (Å²) in [5.74, 6) is -0.0909. The molecule has 0 saturated carbocycles. The molecule has 1 heterocycles. The van der Waals surface area contributed by atoms with E-state index in [2.05, 4.69) is 17.1 Å². The minimum atomic E-state index is -1.12. The molecule has 116 valence electrons. The Bertz CT molecular complexity index is 459. The van der Waals surface area contributed by atoms with Gasteiger partial charge in [0.05, 0.1) is 12.0 Å². The molecule has 4 nitrogen and oxygen atoms in total. The van der Waals surface area contributed by atoms with Crippen LogP contribution >= 0.6 is 0 Å². The predicted molar refractivity (Wildman–Crippen MR) is 83.9 cm³/mol. The van der Waals surface area contributed by atoms with Crippen molar-refractivity contribution in [1.82, 2.24) is 10.2 Å². The van der Waals surface area contributed by atoms with E-state index < -0.39 is 5.60 Å². The van der Waals surface area contributed by atoms with Crippen LogP contribution in [0.1, 0.15) is 38.7 Å². The first-order chi connectivity index (χ1) is 10.0. The summed E-state index contributed by atoms with van der Waals surface area (Å²) >= 11 is 0. The minimum Gasteiger partial charge on any atom is -0.385 e. The van der Waals surface area contributed by atoms with Gasteiger partial charge in [-0.2, -0.15) is 0 Å². The summed E-state index contributed by atoms with van der Waals surface area (Å²) in [6.45, 7) is 6.68. The summed E-state index contributed by atoms with van der Waals surface area (Å²) in [7, 11) is 0. The van der Waals surface area contributed by atoms with Crippen LogP contribution in [0.5, 0.6) is 0 Å². The highest BCUT2D eigenvalue weighted by Crippen LogP contribution is 2.24. The Morgan fingerprint density at radius 2 is 2.14 bits per heavy atom. The molecule has 1 aromatic rings. The molecular formula is C17H26N2O2. The van der Waals surface area contributed by atoms with E-state index in [9.17, 15) is 9.90 Å². The number of carbonyl (C=O) groups excluding carboxylic acids is 1. The smallest absolute Gasteiger partial charge is 0.223 e. The van der Waals surface area contributed by atoms with Gasteiger partial charge < -0.3 is 10.4 Å². The molecule has 2 N–H and O–H groups in total. The Balaban J connectivity index is 1.84. The second-order valence-electron chi connectivity index (χ2n) is 6.05. The van der Waals surface area contributed by atoms with E-state index in [-0.39, 0.29) is 12.3 Å². The molecular weight excluding hydrogens is 264 g/mol. The second-order valence-corrected chi connectivity index (χ2v) is 6.05. The fourth-order valence-corrected chi connectivity index (χ4v) is 3.05. The summed E-state index contributed by atoms with van der Waals surface area (Å²) in [4.78, 5) is 14.5. The molecule has 0 spiro atoms. The van der Waals surface area contributed by atoms with Gasteiger partial charge in [0, 0.05) is 12.6 Å². The topological polar surface area (TPSA) is 52.6 Å². The fraction of sp³-hybridized carbons (Fsp3) is 0.588. The Morgan fingerprint density at radius 3 is 2.81 bits per heavy atom. The Morgan fingerprint density at radius 1 is 1.43 bits per heavy atom. The maximum Gasteiger partial charge on any atom is 0.223 e. The Labute approximate surface area is 127 Å². The van der Waals surface area contributed by atoms with E-state index in [0.29, 0.717) is 12.6 Å². The van der Waals surface area contributed by atoms with Gasteiger partial charge >= 0.3 is 0 Å². The number of carbonyl (C=O) groups is 1. The summed E-state index contributed by atoms with van der Waals surface area (Å²) in [6.07, 6.45) is 2.44.